The van der Waals surface area contributed by atoms with Gasteiger partial charge >= 0.3 is 5.97 Å². The summed E-state index contributed by atoms with van der Waals surface area (Å²) in [6, 6.07) is -0.564. The Labute approximate surface area is 149 Å². The standard InChI is InChI=1S/C17H28N2O5S/c1-2-10-25(22,23)19-9-3-4-14(19)17(21)24-11-15(20)18-16(12-5-6-12)13-7-8-13/h12-14,16H,2-11H2,1H3,(H,18,20). The Kier molecular flexibility index (Phi) is 5.68. The molecular weight excluding hydrogens is 344 g/mol. The van der Waals surface area contributed by atoms with E-state index in [1.165, 1.54) is 4.31 Å². The molecule has 8 heteroatoms. The summed E-state index contributed by atoms with van der Waals surface area (Å²) in [5, 5.41) is 3.00. The van der Waals surface area contributed by atoms with E-state index in [0.717, 1.165) is 25.7 Å². The molecule has 2 aliphatic carbocycles. The van der Waals surface area contributed by atoms with Gasteiger partial charge in [0.05, 0.1) is 5.75 Å². The Hall–Kier alpha value is -1.15. The van der Waals surface area contributed by atoms with Crippen molar-refractivity contribution in [2.45, 2.75) is 64.0 Å². The third-order valence-corrected chi connectivity index (χ3v) is 7.30. The summed E-state index contributed by atoms with van der Waals surface area (Å²) in [6.07, 6.45) is 6.24. The van der Waals surface area contributed by atoms with Crippen LogP contribution in [0.25, 0.3) is 0 Å². The summed E-state index contributed by atoms with van der Waals surface area (Å²) in [6.45, 7) is 1.81. The largest absolute Gasteiger partial charge is 0.454 e. The van der Waals surface area contributed by atoms with Crippen molar-refractivity contribution < 1.29 is 22.7 Å². The molecule has 0 aromatic heterocycles. The molecule has 1 saturated heterocycles. The molecular formula is C17H28N2O5S. The summed E-state index contributed by atoms with van der Waals surface area (Å²) in [5.74, 6) is 0.301. The van der Waals surface area contributed by atoms with Crippen LogP contribution in [0.5, 0.6) is 0 Å². The van der Waals surface area contributed by atoms with Gasteiger partial charge in [0.2, 0.25) is 10.0 Å². The number of hydrogen-bond donors (Lipinski definition) is 1. The fourth-order valence-electron chi connectivity index (χ4n) is 3.68. The van der Waals surface area contributed by atoms with Crippen molar-refractivity contribution in [3.05, 3.63) is 0 Å². The van der Waals surface area contributed by atoms with E-state index in [-0.39, 0.29) is 24.3 Å². The van der Waals surface area contributed by atoms with Gasteiger partial charge in [-0.15, -0.1) is 0 Å². The predicted molar refractivity (Wildman–Crippen MR) is 92.1 cm³/mol. The Balaban J connectivity index is 1.48. The van der Waals surface area contributed by atoms with Gasteiger partial charge in [-0.1, -0.05) is 6.92 Å². The molecule has 0 radical (unpaired) electrons. The van der Waals surface area contributed by atoms with Gasteiger partial charge < -0.3 is 10.1 Å². The van der Waals surface area contributed by atoms with Gasteiger partial charge in [0.25, 0.3) is 5.91 Å². The fraction of sp³-hybridized carbons (Fsp3) is 0.882. The minimum absolute atomic E-state index is 0.0295. The third kappa shape index (κ3) is 4.73. The molecule has 3 fully saturated rings. The van der Waals surface area contributed by atoms with E-state index >= 15 is 0 Å². The average molecular weight is 372 g/mol. The van der Waals surface area contributed by atoms with E-state index in [4.69, 9.17) is 4.74 Å². The van der Waals surface area contributed by atoms with Gasteiger partial charge in [-0.05, 0) is 56.8 Å². The van der Waals surface area contributed by atoms with Crippen LogP contribution < -0.4 is 5.32 Å². The minimum Gasteiger partial charge on any atom is -0.454 e. The zero-order chi connectivity index (χ0) is 18.0. The number of carbonyl (C=O) groups excluding carboxylic acids is 2. The maximum absolute atomic E-state index is 12.3. The molecule has 142 valence electrons. The lowest BCUT2D eigenvalue weighted by molar-refractivity contribution is -0.151. The molecule has 1 N–H and O–H groups in total. The van der Waals surface area contributed by atoms with E-state index < -0.39 is 22.0 Å². The smallest absolute Gasteiger partial charge is 0.324 e. The molecule has 0 spiro atoms. The first-order valence-corrected chi connectivity index (χ1v) is 11.0. The van der Waals surface area contributed by atoms with Crippen LogP contribution in [0.15, 0.2) is 0 Å². The zero-order valence-corrected chi connectivity index (χ0v) is 15.6. The van der Waals surface area contributed by atoms with Crippen LogP contribution in [0.4, 0.5) is 0 Å². The van der Waals surface area contributed by atoms with E-state index in [2.05, 4.69) is 5.32 Å². The van der Waals surface area contributed by atoms with E-state index in [1.54, 1.807) is 6.92 Å². The molecule has 3 aliphatic rings. The maximum Gasteiger partial charge on any atom is 0.324 e. The predicted octanol–water partition coefficient (Wildman–Crippen LogP) is 1.04. The van der Waals surface area contributed by atoms with Crippen molar-refractivity contribution >= 4 is 21.9 Å². The van der Waals surface area contributed by atoms with E-state index in [1.807, 2.05) is 0 Å². The number of nitrogens with one attached hydrogen (secondary N) is 1. The first-order chi connectivity index (χ1) is 11.9. The Bertz CT molecular complexity index is 601. The highest BCUT2D eigenvalue weighted by Crippen LogP contribution is 2.44. The number of nitrogens with zero attached hydrogens (tertiary/aromatic N) is 1. The van der Waals surface area contributed by atoms with Gasteiger partial charge in [0, 0.05) is 12.6 Å². The highest BCUT2D eigenvalue weighted by Gasteiger charge is 2.43. The molecule has 0 aromatic carbocycles. The summed E-state index contributed by atoms with van der Waals surface area (Å²) >= 11 is 0. The van der Waals surface area contributed by atoms with Crippen LogP contribution >= 0.6 is 0 Å². The third-order valence-electron chi connectivity index (χ3n) is 5.23. The maximum atomic E-state index is 12.3. The number of ether oxygens (including phenoxy) is 1. The normalized spacial score (nSPS) is 24.5. The second-order valence-electron chi connectivity index (χ2n) is 7.46. The van der Waals surface area contributed by atoms with Crippen LogP contribution in [0, 0.1) is 11.8 Å². The van der Waals surface area contributed by atoms with Crippen molar-refractivity contribution in [2.24, 2.45) is 11.8 Å². The SMILES string of the molecule is CCCS(=O)(=O)N1CCCC1C(=O)OCC(=O)NC(C1CC1)C1CC1. The first kappa shape index (κ1) is 18.6. The van der Waals surface area contributed by atoms with Crippen molar-refractivity contribution in [3.8, 4) is 0 Å². The number of rotatable bonds is 9. The molecule has 1 amide bonds. The molecule has 3 rings (SSSR count). The second kappa shape index (κ2) is 7.61. The van der Waals surface area contributed by atoms with Crippen molar-refractivity contribution in [3.63, 3.8) is 0 Å². The Morgan fingerprint density at radius 1 is 1.16 bits per heavy atom. The lowest BCUT2D eigenvalue weighted by Gasteiger charge is -2.23. The molecule has 0 aromatic rings. The quantitative estimate of drug-likeness (QED) is 0.611. The van der Waals surface area contributed by atoms with Crippen LogP contribution in [0.1, 0.15) is 51.9 Å². The van der Waals surface area contributed by atoms with Gasteiger partial charge in [-0.3, -0.25) is 9.59 Å². The molecule has 1 unspecified atom stereocenters. The number of hydrogen-bond acceptors (Lipinski definition) is 5. The van der Waals surface area contributed by atoms with Crippen molar-refractivity contribution in [1.82, 2.24) is 9.62 Å². The fourth-order valence-corrected chi connectivity index (χ4v) is 5.41. The average Bonchev–Trinajstić information content (AvgIpc) is 3.49. The highest BCUT2D eigenvalue weighted by molar-refractivity contribution is 7.89. The van der Waals surface area contributed by atoms with Gasteiger partial charge in [0.1, 0.15) is 6.04 Å². The molecule has 1 aliphatic heterocycles. The highest BCUT2D eigenvalue weighted by atomic mass is 32.2. The second-order valence-corrected chi connectivity index (χ2v) is 9.50. The van der Waals surface area contributed by atoms with Crippen LogP contribution in [-0.4, -0.2) is 55.6 Å². The summed E-state index contributed by atoms with van der Waals surface area (Å²) in [5.41, 5.74) is 0. The number of amides is 1. The molecule has 0 bridgehead atoms. The Morgan fingerprint density at radius 2 is 1.80 bits per heavy atom. The molecule has 1 heterocycles. The summed E-state index contributed by atoms with van der Waals surface area (Å²) in [4.78, 5) is 24.4. The van der Waals surface area contributed by atoms with Gasteiger partial charge in [-0.25, -0.2) is 8.42 Å². The van der Waals surface area contributed by atoms with Crippen LogP contribution in [0.3, 0.4) is 0 Å². The van der Waals surface area contributed by atoms with E-state index in [9.17, 15) is 18.0 Å². The van der Waals surface area contributed by atoms with Crippen molar-refractivity contribution in [1.29, 1.82) is 0 Å². The van der Waals surface area contributed by atoms with Gasteiger partial charge in [0.15, 0.2) is 6.61 Å². The monoisotopic (exact) mass is 372 g/mol. The lowest BCUT2D eigenvalue weighted by Crippen LogP contribution is -2.44. The first-order valence-electron chi connectivity index (χ1n) is 9.38. The summed E-state index contributed by atoms with van der Waals surface area (Å²) in [7, 11) is -3.44. The van der Waals surface area contributed by atoms with Crippen LogP contribution in [-0.2, 0) is 24.3 Å². The summed E-state index contributed by atoms with van der Waals surface area (Å²) < 4.78 is 30.8. The number of esters is 1. The topological polar surface area (TPSA) is 92.8 Å². The Morgan fingerprint density at radius 3 is 2.36 bits per heavy atom. The molecule has 1 atom stereocenters. The number of sulfonamides is 1. The molecule has 25 heavy (non-hydrogen) atoms. The van der Waals surface area contributed by atoms with Crippen molar-refractivity contribution in [2.75, 3.05) is 18.9 Å². The lowest BCUT2D eigenvalue weighted by atomic mass is 10.1. The molecule has 2 saturated carbocycles. The van der Waals surface area contributed by atoms with E-state index in [0.29, 0.717) is 37.6 Å². The minimum atomic E-state index is -3.44. The zero-order valence-electron chi connectivity index (χ0n) is 14.8. The van der Waals surface area contributed by atoms with Crippen LogP contribution in [0.2, 0.25) is 0 Å². The molecule has 7 nitrogen and oxygen atoms in total. The van der Waals surface area contributed by atoms with Gasteiger partial charge in [-0.2, -0.15) is 4.31 Å². The number of carbonyl (C=O) groups is 2.